The average molecular weight is 297 g/mol. The van der Waals surface area contributed by atoms with E-state index in [0.29, 0.717) is 13.1 Å². The maximum absolute atomic E-state index is 12.6. The molecule has 3 amide bonds. The number of urea groups is 1. The van der Waals surface area contributed by atoms with Gasteiger partial charge in [-0.2, -0.15) is 0 Å². The molecule has 0 aromatic carbocycles. The summed E-state index contributed by atoms with van der Waals surface area (Å²) < 4.78 is 0. The molecular weight excluding hydrogens is 270 g/mol. The first kappa shape index (κ1) is 16.1. The van der Waals surface area contributed by atoms with Crippen LogP contribution in [0.25, 0.3) is 0 Å². The van der Waals surface area contributed by atoms with Crippen LogP contribution in [0.4, 0.5) is 4.79 Å². The van der Waals surface area contributed by atoms with E-state index < -0.39 is 0 Å². The Morgan fingerprint density at radius 1 is 1.10 bits per heavy atom. The van der Waals surface area contributed by atoms with Crippen molar-refractivity contribution in [2.75, 3.05) is 46.9 Å². The number of aliphatic hydroxyl groups is 1. The van der Waals surface area contributed by atoms with E-state index in [1.54, 1.807) is 23.9 Å². The molecule has 6 heteroatoms. The molecule has 0 radical (unpaired) electrons. The monoisotopic (exact) mass is 297 g/mol. The fourth-order valence-electron chi connectivity index (χ4n) is 3.31. The van der Waals surface area contributed by atoms with Gasteiger partial charge < -0.3 is 19.8 Å². The summed E-state index contributed by atoms with van der Waals surface area (Å²) in [7, 11) is 3.48. The molecule has 2 unspecified atom stereocenters. The van der Waals surface area contributed by atoms with Crippen molar-refractivity contribution in [2.45, 2.75) is 25.7 Å². The van der Waals surface area contributed by atoms with Crippen LogP contribution in [0.5, 0.6) is 0 Å². The zero-order chi connectivity index (χ0) is 15.4. The minimum Gasteiger partial charge on any atom is -0.396 e. The number of amides is 3. The Morgan fingerprint density at radius 3 is 2.43 bits per heavy atom. The highest BCUT2D eigenvalue weighted by Crippen LogP contribution is 2.23. The Balaban J connectivity index is 1.94. The first-order valence-corrected chi connectivity index (χ1v) is 7.88. The van der Waals surface area contributed by atoms with E-state index in [4.69, 9.17) is 0 Å². The van der Waals surface area contributed by atoms with Gasteiger partial charge in [0.1, 0.15) is 0 Å². The topological polar surface area (TPSA) is 64.1 Å². The number of carbonyl (C=O) groups is 2. The number of likely N-dealkylation sites (tertiary alicyclic amines) is 2. The molecule has 1 N–H and O–H groups in total. The van der Waals surface area contributed by atoms with Crippen molar-refractivity contribution in [3.63, 3.8) is 0 Å². The van der Waals surface area contributed by atoms with E-state index in [9.17, 15) is 14.7 Å². The molecule has 2 aliphatic heterocycles. The zero-order valence-electron chi connectivity index (χ0n) is 13.1. The molecule has 2 heterocycles. The van der Waals surface area contributed by atoms with E-state index in [2.05, 4.69) is 0 Å². The molecule has 2 saturated heterocycles. The predicted octanol–water partition coefficient (Wildman–Crippen LogP) is 0.611. The van der Waals surface area contributed by atoms with Crippen LogP contribution in [0.2, 0.25) is 0 Å². The summed E-state index contributed by atoms with van der Waals surface area (Å²) >= 11 is 0. The minimum absolute atomic E-state index is 0.0145. The number of hydrogen-bond donors (Lipinski definition) is 1. The Morgan fingerprint density at radius 2 is 1.76 bits per heavy atom. The maximum Gasteiger partial charge on any atom is 0.319 e. The highest BCUT2D eigenvalue weighted by Gasteiger charge is 2.33. The van der Waals surface area contributed by atoms with E-state index >= 15 is 0 Å². The van der Waals surface area contributed by atoms with Gasteiger partial charge in [0.25, 0.3) is 0 Å². The molecule has 6 nitrogen and oxygen atoms in total. The van der Waals surface area contributed by atoms with Crippen LogP contribution < -0.4 is 0 Å². The van der Waals surface area contributed by atoms with Crippen molar-refractivity contribution in [3.8, 4) is 0 Å². The lowest BCUT2D eigenvalue weighted by atomic mass is 9.93. The predicted molar refractivity (Wildman–Crippen MR) is 79.8 cm³/mol. The quantitative estimate of drug-likeness (QED) is 0.812. The van der Waals surface area contributed by atoms with Gasteiger partial charge in [0.05, 0.1) is 5.92 Å². The third-order valence-corrected chi connectivity index (χ3v) is 4.51. The zero-order valence-corrected chi connectivity index (χ0v) is 13.1. The average Bonchev–Trinajstić information content (AvgIpc) is 2.53. The summed E-state index contributed by atoms with van der Waals surface area (Å²) in [5, 5.41) is 9.28. The Bertz CT molecular complexity index is 386. The fraction of sp³-hybridized carbons (Fsp3) is 0.867. The van der Waals surface area contributed by atoms with Gasteiger partial charge in [0.15, 0.2) is 0 Å². The number of nitrogens with zero attached hydrogens (tertiary/aromatic N) is 3. The van der Waals surface area contributed by atoms with E-state index in [0.717, 1.165) is 38.8 Å². The molecule has 2 atom stereocenters. The summed E-state index contributed by atoms with van der Waals surface area (Å²) in [5.41, 5.74) is 0. The number of piperidine rings is 2. The molecule has 0 aliphatic carbocycles. The molecule has 2 rings (SSSR count). The first-order chi connectivity index (χ1) is 10.0. The SMILES string of the molecule is CN(C)C(=O)N1CCCC(C(=O)N2CCCC(CO)C2)C1. The van der Waals surface area contributed by atoms with Gasteiger partial charge in [-0.1, -0.05) is 0 Å². The molecule has 2 aliphatic rings. The molecule has 0 saturated carbocycles. The second-order valence-electron chi connectivity index (χ2n) is 6.44. The molecule has 120 valence electrons. The van der Waals surface area contributed by atoms with E-state index in [1.165, 1.54) is 0 Å². The van der Waals surface area contributed by atoms with Crippen molar-refractivity contribution >= 4 is 11.9 Å². The van der Waals surface area contributed by atoms with Crippen molar-refractivity contribution < 1.29 is 14.7 Å². The Labute approximate surface area is 126 Å². The summed E-state index contributed by atoms with van der Waals surface area (Å²) in [6.07, 6.45) is 3.70. The minimum atomic E-state index is -0.0832. The highest BCUT2D eigenvalue weighted by molar-refractivity contribution is 5.81. The molecule has 0 aromatic rings. The lowest BCUT2D eigenvalue weighted by Crippen LogP contribution is -2.51. The van der Waals surface area contributed by atoms with Gasteiger partial charge in [-0.15, -0.1) is 0 Å². The molecule has 2 fully saturated rings. The molecule has 21 heavy (non-hydrogen) atoms. The summed E-state index contributed by atoms with van der Waals surface area (Å²) in [4.78, 5) is 29.9. The van der Waals surface area contributed by atoms with Crippen molar-refractivity contribution in [2.24, 2.45) is 11.8 Å². The number of carbonyl (C=O) groups excluding carboxylic acids is 2. The summed E-state index contributed by atoms with van der Waals surface area (Å²) in [6.45, 7) is 2.86. The van der Waals surface area contributed by atoms with Crippen molar-refractivity contribution in [3.05, 3.63) is 0 Å². The van der Waals surface area contributed by atoms with Gasteiger partial charge >= 0.3 is 6.03 Å². The number of rotatable bonds is 2. The maximum atomic E-state index is 12.6. The van der Waals surface area contributed by atoms with Crippen LogP contribution in [-0.4, -0.2) is 78.6 Å². The van der Waals surface area contributed by atoms with Crippen molar-refractivity contribution in [1.29, 1.82) is 0 Å². The molecule has 0 aromatic heterocycles. The van der Waals surface area contributed by atoms with E-state index in [-0.39, 0.29) is 30.4 Å². The lowest BCUT2D eigenvalue weighted by molar-refractivity contribution is -0.139. The summed E-state index contributed by atoms with van der Waals surface area (Å²) in [6, 6.07) is -0.0145. The van der Waals surface area contributed by atoms with Crippen LogP contribution in [0, 0.1) is 11.8 Å². The van der Waals surface area contributed by atoms with Crippen molar-refractivity contribution in [1.82, 2.24) is 14.7 Å². The van der Waals surface area contributed by atoms with Gasteiger partial charge in [-0.25, -0.2) is 4.79 Å². The van der Waals surface area contributed by atoms with Gasteiger partial charge in [0, 0.05) is 46.9 Å². The molecule has 0 spiro atoms. The lowest BCUT2D eigenvalue weighted by Gasteiger charge is -2.38. The van der Waals surface area contributed by atoms with Crippen LogP contribution in [0.1, 0.15) is 25.7 Å². The standard InChI is InChI=1S/C15H27N3O3/c1-16(2)15(21)18-8-4-6-13(10-18)14(20)17-7-3-5-12(9-17)11-19/h12-13,19H,3-11H2,1-2H3. The van der Waals surface area contributed by atoms with Gasteiger partial charge in [0.2, 0.25) is 5.91 Å². The first-order valence-electron chi connectivity index (χ1n) is 7.88. The van der Waals surface area contributed by atoms with Crippen LogP contribution in [0.3, 0.4) is 0 Å². The van der Waals surface area contributed by atoms with E-state index in [1.807, 2.05) is 4.90 Å². The Kier molecular flexibility index (Phi) is 5.45. The molecule has 0 bridgehead atoms. The third kappa shape index (κ3) is 3.87. The van der Waals surface area contributed by atoms with Crippen LogP contribution in [0.15, 0.2) is 0 Å². The largest absolute Gasteiger partial charge is 0.396 e. The smallest absolute Gasteiger partial charge is 0.319 e. The second kappa shape index (κ2) is 7.11. The number of aliphatic hydroxyl groups excluding tert-OH is 1. The highest BCUT2D eigenvalue weighted by atomic mass is 16.3. The van der Waals surface area contributed by atoms with Crippen LogP contribution >= 0.6 is 0 Å². The summed E-state index contributed by atoms with van der Waals surface area (Å²) in [5.74, 6) is 0.287. The third-order valence-electron chi connectivity index (χ3n) is 4.51. The van der Waals surface area contributed by atoms with Gasteiger partial charge in [-0.3, -0.25) is 4.79 Å². The molecular formula is C15H27N3O3. The normalized spacial score (nSPS) is 26.6. The van der Waals surface area contributed by atoms with Crippen LogP contribution in [-0.2, 0) is 4.79 Å². The number of hydrogen-bond acceptors (Lipinski definition) is 3. The van der Waals surface area contributed by atoms with Gasteiger partial charge in [-0.05, 0) is 31.6 Å². The fourth-order valence-corrected chi connectivity index (χ4v) is 3.31. The Hall–Kier alpha value is -1.30. The second-order valence-corrected chi connectivity index (χ2v) is 6.44.